The lowest BCUT2D eigenvalue weighted by atomic mass is 10.0. The molecule has 0 saturated carbocycles. The summed E-state index contributed by atoms with van der Waals surface area (Å²) >= 11 is 0. The Kier molecular flexibility index (Phi) is 6.74. The highest BCUT2D eigenvalue weighted by Gasteiger charge is 2.19. The summed E-state index contributed by atoms with van der Waals surface area (Å²) in [5.74, 6) is 1.98. The number of aryl methyl sites for hydroxylation is 1. The van der Waals surface area contributed by atoms with Crippen molar-refractivity contribution in [2.24, 2.45) is 0 Å². The Morgan fingerprint density at radius 1 is 1.43 bits per heavy atom. The monoisotopic (exact) mass is 294 g/mol. The molecule has 0 amide bonds. The molecule has 0 aliphatic carbocycles. The molecular formula is C17H30N2O2. The number of likely N-dealkylation sites (N-methyl/N-ethyl adjacent to an activating group) is 1. The lowest BCUT2D eigenvalue weighted by Gasteiger charge is -2.32. The molecule has 120 valence electrons. The fourth-order valence-corrected chi connectivity index (χ4v) is 2.87. The summed E-state index contributed by atoms with van der Waals surface area (Å²) in [6, 6.07) is 2.67. The summed E-state index contributed by atoms with van der Waals surface area (Å²) in [5, 5.41) is 3.38. The van der Waals surface area contributed by atoms with Gasteiger partial charge in [-0.05, 0) is 58.0 Å². The van der Waals surface area contributed by atoms with Crippen molar-refractivity contribution in [1.82, 2.24) is 10.2 Å². The number of hydrogen-bond acceptors (Lipinski definition) is 4. The average Bonchev–Trinajstić information content (AvgIpc) is 2.82. The third-order valence-electron chi connectivity index (χ3n) is 4.26. The molecule has 1 aromatic rings. The molecule has 1 aliphatic rings. The third-order valence-corrected chi connectivity index (χ3v) is 4.26. The van der Waals surface area contributed by atoms with E-state index in [0.717, 1.165) is 37.6 Å². The van der Waals surface area contributed by atoms with Crippen LogP contribution in [0, 0.1) is 6.92 Å². The summed E-state index contributed by atoms with van der Waals surface area (Å²) in [7, 11) is 2.20. The molecule has 1 unspecified atom stereocenters. The van der Waals surface area contributed by atoms with E-state index >= 15 is 0 Å². The minimum absolute atomic E-state index is 0.570. The van der Waals surface area contributed by atoms with Crippen LogP contribution in [0.3, 0.4) is 0 Å². The number of furan rings is 1. The SMILES string of the molecule is CCCNCc1oc(COCC2CCCCN2C)cc1C. The van der Waals surface area contributed by atoms with E-state index in [1.54, 1.807) is 0 Å². The van der Waals surface area contributed by atoms with Crippen molar-refractivity contribution < 1.29 is 9.15 Å². The van der Waals surface area contributed by atoms with Crippen LogP contribution in [0.15, 0.2) is 10.5 Å². The van der Waals surface area contributed by atoms with Crippen molar-refractivity contribution in [1.29, 1.82) is 0 Å². The van der Waals surface area contributed by atoms with Gasteiger partial charge >= 0.3 is 0 Å². The molecule has 1 fully saturated rings. The Morgan fingerprint density at radius 3 is 3.05 bits per heavy atom. The standard InChI is InChI=1S/C17H30N2O2/c1-4-8-18-11-17-14(2)10-16(21-17)13-20-12-15-7-5-6-9-19(15)3/h10,15,18H,4-9,11-13H2,1-3H3. The minimum Gasteiger partial charge on any atom is -0.462 e. The van der Waals surface area contributed by atoms with E-state index in [-0.39, 0.29) is 0 Å². The molecule has 0 bridgehead atoms. The average molecular weight is 294 g/mol. The van der Waals surface area contributed by atoms with Crippen LogP contribution in [0.25, 0.3) is 0 Å². The molecule has 0 radical (unpaired) electrons. The largest absolute Gasteiger partial charge is 0.462 e. The maximum absolute atomic E-state index is 5.88. The fourth-order valence-electron chi connectivity index (χ4n) is 2.87. The maximum Gasteiger partial charge on any atom is 0.130 e. The Bertz CT molecular complexity index is 417. The van der Waals surface area contributed by atoms with E-state index in [9.17, 15) is 0 Å². The van der Waals surface area contributed by atoms with E-state index in [1.807, 2.05) is 0 Å². The zero-order chi connectivity index (χ0) is 15.1. The van der Waals surface area contributed by atoms with Gasteiger partial charge in [-0.25, -0.2) is 0 Å². The smallest absolute Gasteiger partial charge is 0.130 e. The van der Waals surface area contributed by atoms with Gasteiger partial charge in [0, 0.05) is 6.04 Å². The first-order chi connectivity index (χ1) is 10.2. The van der Waals surface area contributed by atoms with Crippen LogP contribution in [-0.2, 0) is 17.9 Å². The zero-order valence-corrected chi connectivity index (χ0v) is 13.8. The molecule has 0 spiro atoms. The van der Waals surface area contributed by atoms with E-state index in [4.69, 9.17) is 9.15 Å². The van der Waals surface area contributed by atoms with Gasteiger partial charge in [0.2, 0.25) is 0 Å². The predicted octanol–water partition coefficient (Wildman–Crippen LogP) is 3.09. The molecule has 21 heavy (non-hydrogen) atoms. The van der Waals surface area contributed by atoms with Crippen molar-refractivity contribution in [3.63, 3.8) is 0 Å². The molecule has 0 aromatic carbocycles. The Labute approximate surface area is 128 Å². The van der Waals surface area contributed by atoms with Crippen molar-refractivity contribution in [3.05, 3.63) is 23.2 Å². The highest BCUT2D eigenvalue weighted by molar-refractivity contribution is 5.19. The van der Waals surface area contributed by atoms with Crippen LogP contribution in [0.2, 0.25) is 0 Å². The van der Waals surface area contributed by atoms with Crippen LogP contribution < -0.4 is 5.32 Å². The predicted molar refractivity (Wildman–Crippen MR) is 85.4 cm³/mol. The zero-order valence-electron chi connectivity index (χ0n) is 13.8. The normalized spacial score (nSPS) is 20.0. The van der Waals surface area contributed by atoms with E-state index < -0.39 is 0 Å². The number of ether oxygens (including phenoxy) is 1. The third kappa shape index (κ3) is 5.13. The maximum atomic E-state index is 5.88. The van der Waals surface area contributed by atoms with Crippen LogP contribution in [-0.4, -0.2) is 37.7 Å². The van der Waals surface area contributed by atoms with Crippen molar-refractivity contribution >= 4 is 0 Å². The van der Waals surface area contributed by atoms with Gasteiger partial charge in [0.1, 0.15) is 18.1 Å². The van der Waals surface area contributed by atoms with Crippen molar-refractivity contribution in [3.8, 4) is 0 Å². The molecule has 1 aromatic heterocycles. The summed E-state index contributed by atoms with van der Waals surface area (Å²) in [4.78, 5) is 2.41. The summed E-state index contributed by atoms with van der Waals surface area (Å²) in [5.41, 5.74) is 1.21. The van der Waals surface area contributed by atoms with Crippen molar-refractivity contribution in [2.45, 2.75) is 58.7 Å². The molecule has 4 heteroatoms. The highest BCUT2D eigenvalue weighted by Crippen LogP contribution is 2.18. The topological polar surface area (TPSA) is 37.6 Å². The van der Waals surface area contributed by atoms with Crippen LogP contribution in [0.4, 0.5) is 0 Å². The summed E-state index contributed by atoms with van der Waals surface area (Å²) in [6.45, 7) is 8.69. The second-order valence-electron chi connectivity index (χ2n) is 6.14. The lowest BCUT2D eigenvalue weighted by molar-refractivity contribution is 0.0370. The molecule has 1 N–H and O–H groups in total. The second kappa shape index (κ2) is 8.57. The number of likely N-dealkylation sites (tertiary alicyclic amines) is 1. The van der Waals surface area contributed by atoms with Gasteiger partial charge in [0.25, 0.3) is 0 Å². The van der Waals surface area contributed by atoms with E-state index in [1.165, 1.54) is 31.4 Å². The van der Waals surface area contributed by atoms with Gasteiger partial charge in [0.05, 0.1) is 13.2 Å². The van der Waals surface area contributed by atoms with Crippen LogP contribution >= 0.6 is 0 Å². The van der Waals surface area contributed by atoms with Crippen LogP contribution in [0.5, 0.6) is 0 Å². The Morgan fingerprint density at radius 2 is 2.29 bits per heavy atom. The molecule has 2 rings (SSSR count). The number of rotatable bonds is 8. The number of nitrogens with zero attached hydrogens (tertiary/aromatic N) is 1. The Balaban J connectivity index is 1.74. The first kappa shape index (κ1) is 16.5. The first-order valence-electron chi connectivity index (χ1n) is 8.27. The Hall–Kier alpha value is -0.840. The summed E-state index contributed by atoms with van der Waals surface area (Å²) in [6.07, 6.45) is 5.04. The second-order valence-corrected chi connectivity index (χ2v) is 6.14. The van der Waals surface area contributed by atoms with Gasteiger partial charge in [-0.2, -0.15) is 0 Å². The van der Waals surface area contributed by atoms with Gasteiger partial charge < -0.3 is 19.4 Å². The molecule has 1 saturated heterocycles. The lowest BCUT2D eigenvalue weighted by Crippen LogP contribution is -2.39. The number of piperidine rings is 1. The van der Waals surface area contributed by atoms with E-state index in [0.29, 0.717) is 12.6 Å². The quantitative estimate of drug-likeness (QED) is 0.748. The molecule has 2 heterocycles. The fraction of sp³-hybridized carbons (Fsp3) is 0.765. The van der Waals surface area contributed by atoms with E-state index in [2.05, 4.69) is 37.2 Å². The van der Waals surface area contributed by atoms with Crippen LogP contribution in [0.1, 0.15) is 49.7 Å². The summed E-state index contributed by atoms with van der Waals surface area (Å²) < 4.78 is 11.7. The number of hydrogen-bond donors (Lipinski definition) is 1. The molecule has 4 nitrogen and oxygen atoms in total. The van der Waals surface area contributed by atoms with Crippen molar-refractivity contribution in [2.75, 3.05) is 26.7 Å². The minimum atomic E-state index is 0.570. The number of nitrogens with one attached hydrogen (secondary N) is 1. The first-order valence-corrected chi connectivity index (χ1v) is 8.27. The molecule has 1 aliphatic heterocycles. The van der Waals surface area contributed by atoms with Gasteiger partial charge in [-0.15, -0.1) is 0 Å². The van der Waals surface area contributed by atoms with Gasteiger partial charge in [-0.1, -0.05) is 13.3 Å². The molecular weight excluding hydrogens is 264 g/mol. The van der Waals surface area contributed by atoms with Gasteiger partial charge in [-0.3, -0.25) is 0 Å². The highest BCUT2D eigenvalue weighted by atomic mass is 16.5. The molecule has 1 atom stereocenters. The van der Waals surface area contributed by atoms with Gasteiger partial charge in [0.15, 0.2) is 0 Å².